The first-order valence-electron chi connectivity index (χ1n) is 8.06. The van der Waals surface area contributed by atoms with Gasteiger partial charge in [-0.25, -0.2) is 5.48 Å². The van der Waals surface area contributed by atoms with Gasteiger partial charge >= 0.3 is 0 Å². The maximum atomic E-state index is 11.1. The first-order chi connectivity index (χ1) is 12.0. The number of rotatable bonds is 5. The first kappa shape index (κ1) is 17.4. The van der Waals surface area contributed by atoms with Crippen LogP contribution in [0.4, 0.5) is 0 Å². The molecule has 1 aromatic heterocycles. The number of carbonyl (C=O) groups excluding carboxylic acids is 1. The van der Waals surface area contributed by atoms with Crippen molar-refractivity contribution in [2.75, 3.05) is 6.54 Å². The Hall–Kier alpha value is -2.38. The second-order valence-corrected chi connectivity index (χ2v) is 6.80. The van der Waals surface area contributed by atoms with E-state index < -0.39 is 5.91 Å². The van der Waals surface area contributed by atoms with Crippen LogP contribution in [0.15, 0.2) is 46.4 Å². The van der Waals surface area contributed by atoms with E-state index in [-0.39, 0.29) is 12.5 Å². The van der Waals surface area contributed by atoms with Gasteiger partial charge < -0.3 is 4.98 Å². The molecule has 0 bridgehead atoms. The van der Waals surface area contributed by atoms with Gasteiger partial charge in [0.05, 0.1) is 18.3 Å². The van der Waals surface area contributed by atoms with Gasteiger partial charge in [-0.1, -0.05) is 36.7 Å². The minimum Gasteiger partial charge on any atom is -0.357 e. The Kier molecular flexibility index (Phi) is 5.06. The zero-order valence-electron chi connectivity index (χ0n) is 14.0. The van der Waals surface area contributed by atoms with Crippen molar-refractivity contribution in [1.82, 2.24) is 15.5 Å². The zero-order valence-corrected chi connectivity index (χ0v) is 14.8. The monoisotopic (exact) mass is 361 g/mol. The van der Waals surface area contributed by atoms with Crippen LogP contribution in [-0.2, 0) is 4.79 Å². The number of halogens is 1. The van der Waals surface area contributed by atoms with E-state index in [9.17, 15) is 4.79 Å². The van der Waals surface area contributed by atoms with Crippen LogP contribution >= 0.6 is 11.6 Å². The largest absolute Gasteiger partial charge is 0.357 e. The van der Waals surface area contributed by atoms with E-state index >= 15 is 0 Å². The van der Waals surface area contributed by atoms with Crippen molar-refractivity contribution >= 4 is 28.4 Å². The van der Waals surface area contributed by atoms with Gasteiger partial charge in [-0.3, -0.25) is 15.0 Å². The van der Waals surface area contributed by atoms with Gasteiger partial charge in [0.1, 0.15) is 0 Å². The smallest absolute Gasteiger partial charge is 0.247 e. The van der Waals surface area contributed by atoms with E-state index in [1.165, 1.54) is 0 Å². The van der Waals surface area contributed by atoms with Crippen LogP contribution < -0.4 is 5.48 Å². The molecule has 0 fully saturated rings. The van der Waals surface area contributed by atoms with Crippen molar-refractivity contribution in [3.8, 4) is 0 Å². The molecule has 0 saturated carbocycles. The van der Waals surface area contributed by atoms with Crippen LogP contribution in [0.5, 0.6) is 0 Å². The van der Waals surface area contributed by atoms with Crippen molar-refractivity contribution < 1.29 is 10.0 Å². The summed E-state index contributed by atoms with van der Waals surface area (Å²) in [6, 6.07) is 7.88. The first-order valence-corrected chi connectivity index (χ1v) is 8.44. The maximum Gasteiger partial charge on any atom is 0.247 e. The average molecular weight is 362 g/mol. The third-order valence-electron chi connectivity index (χ3n) is 4.14. The van der Waals surface area contributed by atoms with Crippen molar-refractivity contribution in [2.24, 2.45) is 16.3 Å². The molecule has 7 nitrogen and oxygen atoms in total. The van der Waals surface area contributed by atoms with Crippen molar-refractivity contribution in [1.29, 1.82) is 0 Å². The highest BCUT2D eigenvalue weighted by Crippen LogP contribution is 2.34. The number of aromatic amines is 1. The molecule has 3 N–H and O–H groups in total. The van der Waals surface area contributed by atoms with Crippen molar-refractivity contribution in [2.45, 2.75) is 26.3 Å². The Morgan fingerprint density at radius 1 is 1.48 bits per heavy atom. The summed E-state index contributed by atoms with van der Waals surface area (Å²) in [5.74, 6) is -0.184. The molecule has 0 saturated heterocycles. The van der Waals surface area contributed by atoms with E-state index in [0.717, 1.165) is 16.6 Å². The molecular weight excluding hydrogens is 342 g/mol. The molecule has 2 aromatic rings. The molecule has 3 rings (SSSR count). The fraction of sp³-hybridized carbons (Fsp3) is 0.353. The molecule has 25 heavy (non-hydrogen) atoms. The number of aromatic nitrogens is 1. The molecule has 0 radical (unpaired) electrons. The third-order valence-corrected chi connectivity index (χ3v) is 4.37. The molecule has 1 aromatic carbocycles. The molecule has 8 heteroatoms. The Morgan fingerprint density at radius 2 is 2.28 bits per heavy atom. The van der Waals surface area contributed by atoms with Gasteiger partial charge in [-0.2, -0.15) is 0 Å². The van der Waals surface area contributed by atoms with E-state index in [4.69, 9.17) is 16.8 Å². The van der Waals surface area contributed by atoms with Crippen LogP contribution in [0.3, 0.4) is 0 Å². The normalized spacial score (nSPS) is 17.0. The highest BCUT2D eigenvalue weighted by molar-refractivity contribution is 6.31. The Bertz CT molecular complexity index is 843. The lowest BCUT2D eigenvalue weighted by Gasteiger charge is -2.27. The fourth-order valence-electron chi connectivity index (χ4n) is 3.00. The summed E-state index contributed by atoms with van der Waals surface area (Å²) >= 11 is 6.07. The number of hydroxylamine groups is 1. The summed E-state index contributed by atoms with van der Waals surface area (Å²) in [5, 5.41) is 20.6. The van der Waals surface area contributed by atoms with Gasteiger partial charge in [0.25, 0.3) is 0 Å². The number of hydrogen-bond donors (Lipinski definition) is 3. The molecule has 1 unspecified atom stereocenters. The van der Waals surface area contributed by atoms with E-state index in [2.05, 4.69) is 35.2 Å². The predicted octanol–water partition coefficient (Wildman–Crippen LogP) is 3.98. The highest BCUT2D eigenvalue weighted by Gasteiger charge is 2.28. The summed E-state index contributed by atoms with van der Waals surface area (Å²) in [7, 11) is 0. The van der Waals surface area contributed by atoms with Gasteiger partial charge in [0, 0.05) is 22.7 Å². The fourth-order valence-corrected chi connectivity index (χ4v) is 3.18. The van der Waals surface area contributed by atoms with Gasteiger partial charge in [0.2, 0.25) is 5.91 Å². The molecule has 1 aliphatic rings. The number of amides is 1. The highest BCUT2D eigenvalue weighted by atomic mass is 35.5. The lowest BCUT2D eigenvalue weighted by molar-refractivity contribution is -0.128. The lowest BCUT2D eigenvalue weighted by Crippen LogP contribution is -2.26. The minimum absolute atomic E-state index is 0.0208. The van der Waals surface area contributed by atoms with Crippen LogP contribution in [0.1, 0.15) is 32.0 Å². The Balaban J connectivity index is 1.82. The Morgan fingerprint density at radius 3 is 3.00 bits per heavy atom. The summed E-state index contributed by atoms with van der Waals surface area (Å²) in [6.45, 7) is 4.76. The Labute approximate surface area is 150 Å². The third kappa shape index (κ3) is 3.83. The number of H-pyrrole nitrogens is 1. The molecular formula is C17H20ClN5O2. The van der Waals surface area contributed by atoms with Gasteiger partial charge in [-0.15, -0.1) is 5.11 Å². The second-order valence-electron chi connectivity index (χ2n) is 6.37. The van der Waals surface area contributed by atoms with Crippen molar-refractivity contribution in [3.63, 3.8) is 0 Å². The summed E-state index contributed by atoms with van der Waals surface area (Å²) in [5.41, 5.74) is 4.33. The predicted molar refractivity (Wildman–Crippen MR) is 95.1 cm³/mol. The number of carbonyl (C=O) groups is 1. The lowest BCUT2D eigenvalue weighted by atomic mass is 10.00. The molecule has 2 heterocycles. The molecule has 1 atom stereocenters. The number of nitrogens with one attached hydrogen (secondary N) is 2. The summed E-state index contributed by atoms with van der Waals surface area (Å²) in [4.78, 5) is 14.6. The second kappa shape index (κ2) is 7.25. The standard InChI is InChI=1S/C17H20ClN5O2/c1-10(2)17(15-7-11-3-4-12(18)8-14(11)19-15)23-9-13(20-22-23)5-6-16(24)21-25/h3-5,7-8,10,17,19,25H,6,9H2,1-2H3,(H,21,24)/b13-5-. The van der Waals surface area contributed by atoms with E-state index in [1.807, 2.05) is 23.2 Å². The number of hydrogen-bond acceptors (Lipinski definition) is 5. The van der Waals surface area contributed by atoms with Crippen LogP contribution in [0, 0.1) is 5.92 Å². The number of benzene rings is 1. The van der Waals surface area contributed by atoms with Gasteiger partial charge in [-0.05, 0) is 35.6 Å². The molecule has 1 aliphatic heterocycles. The topological polar surface area (TPSA) is 93.1 Å². The minimum atomic E-state index is -0.478. The SMILES string of the molecule is CC(C)C(c1cc2ccc(Cl)cc2[nH]1)N1C/C(=C/CC(=O)NO)N=N1. The van der Waals surface area contributed by atoms with Crippen LogP contribution in [-0.4, -0.2) is 27.7 Å². The van der Waals surface area contributed by atoms with Gasteiger partial charge in [0.15, 0.2) is 0 Å². The molecule has 0 spiro atoms. The van der Waals surface area contributed by atoms with Crippen LogP contribution in [0.2, 0.25) is 5.02 Å². The average Bonchev–Trinajstić information content (AvgIpc) is 3.19. The number of nitrogens with zero attached hydrogens (tertiary/aromatic N) is 3. The summed E-state index contributed by atoms with van der Waals surface area (Å²) in [6.07, 6.45) is 1.73. The van der Waals surface area contributed by atoms with E-state index in [0.29, 0.717) is 23.2 Å². The molecule has 0 aliphatic carbocycles. The quantitative estimate of drug-likeness (QED) is 0.555. The molecule has 132 valence electrons. The maximum absolute atomic E-state index is 11.1. The van der Waals surface area contributed by atoms with Crippen LogP contribution in [0.25, 0.3) is 10.9 Å². The van der Waals surface area contributed by atoms with Crippen molar-refractivity contribution in [3.05, 3.63) is 46.8 Å². The number of fused-ring (bicyclic) bond motifs is 1. The summed E-state index contributed by atoms with van der Waals surface area (Å²) < 4.78 is 0. The molecule has 1 amide bonds. The zero-order chi connectivity index (χ0) is 18.0. The van der Waals surface area contributed by atoms with E-state index in [1.54, 1.807) is 11.6 Å².